The van der Waals surface area contributed by atoms with Crippen molar-refractivity contribution < 1.29 is 24.1 Å². The van der Waals surface area contributed by atoms with Crippen molar-refractivity contribution in [2.45, 2.75) is 109 Å². The number of H-pyrrole nitrogens is 1. The summed E-state index contributed by atoms with van der Waals surface area (Å²) in [6.07, 6.45) is 4.52. The molecular weight excluding hydrogens is 1180 g/mol. The quantitative estimate of drug-likeness (QED) is 0.0324. The lowest BCUT2D eigenvalue weighted by Crippen LogP contribution is -2.36. The van der Waals surface area contributed by atoms with Gasteiger partial charge in [-0.25, -0.2) is 30.4 Å². The van der Waals surface area contributed by atoms with Crippen LogP contribution in [0.1, 0.15) is 130 Å². The third-order valence-corrected chi connectivity index (χ3v) is 14.3. The zero-order valence-corrected chi connectivity index (χ0v) is 57.0. The number of aryl methyl sites for hydroxylation is 4. The predicted molar refractivity (Wildman–Crippen MR) is 363 cm³/mol. The molecule has 0 atom stereocenters. The smallest absolute Gasteiger partial charge is 0.353 e. The Labute approximate surface area is 545 Å². The van der Waals surface area contributed by atoms with Crippen molar-refractivity contribution in [3.8, 4) is 29.5 Å². The van der Waals surface area contributed by atoms with Gasteiger partial charge in [0.2, 0.25) is 11.6 Å². The van der Waals surface area contributed by atoms with E-state index in [1.54, 1.807) is 50.2 Å². The molecule has 1 fully saturated rings. The van der Waals surface area contributed by atoms with Gasteiger partial charge in [0.15, 0.2) is 29.1 Å². The van der Waals surface area contributed by atoms with Crippen molar-refractivity contribution >= 4 is 69.5 Å². The fourth-order valence-corrected chi connectivity index (χ4v) is 10.2. The SMILES string of the molecule is CNC(=O)c1ccc(C)c(Nc2nc(C)nc(N(C)CC(C)(C)C)c2C#N)c1.CONC(=O)c1ccc(C)c(Nc2nc(OC3CCN(C)CC3)nc(N(C)CC(C)(C)C)c2C#N)c1.Cc1ccc(-c2ncn[nH]2)cc1Nc1ncnc(N(C)CC(C)(C)C)c1[N+](=O)[O-]. The summed E-state index contributed by atoms with van der Waals surface area (Å²) in [4.78, 5) is 79.1. The van der Waals surface area contributed by atoms with Crippen LogP contribution < -0.4 is 46.2 Å². The fourth-order valence-electron chi connectivity index (χ4n) is 10.2. The number of hydrogen-bond acceptors (Lipinski definition) is 23. The number of nitro groups is 1. The van der Waals surface area contributed by atoms with Crippen LogP contribution in [0.25, 0.3) is 11.4 Å². The van der Waals surface area contributed by atoms with Crippen molar-refractivity contribution in [1.29, 1.82) is 10.5 Å². The molecule has 1 saturated heterocycles. The van der Waals surface area contributed by atoms with Crippen molar-refractivity contribution in [2.75, 3.05) is 106 Å². The number of nitriles is 2. The number of benzene rings is 3. The number of carbonyl (C=O) groups is 2. The highest BCUT2D eigenvalue weighted by Gasteiger charge is 2.30. The van der Waals surface area contributed by atoms with E-state index in [4.69, 9.17) is 9.57 Å². The number of nitrogens with one attached hydrogen (secondary N) is 6. The molecule has 27 nitrogen and oxygen atoms in total. The first kappa shape index (κ1) is 71.9. The molecule has 0 aliphatic carbocycles. The van der Waals surface area contributed by atoms with Gasteiger partial charge in [-0.15, -0.1) is 0 Å². The van der Waals surface area contributed by atoms with Crippen LogP contribution in [0.5, 0.6) is 6.01 Å². The van der Waals surface area contributed by atoms with Gasteiger partial charge in [-0.3, -0.25) is 29.6 Å². The van der Waals surface area contributed by atoms with Crippen LogP contribution >= 0.6 is 0 Å². The molecule has 494 valence electrons. The number of anilines is 9. The Morgan fingerprint density at radius 3 is 1.63 bits per heavy atom. The lowest BCUT2D eigenvalue weighted by molar-refractivity contribution is -0.383. The largest absolute Gasteiger partial charge is 0.460 e. The molecule has 6 N–H and O–H groups in total. The minimum Gasteiger partial charge on any atom is -0.460 e. The molecular formula is C66H89N21O6. The standard InChI is InChI=1S/C26H37N7O3.C21H28N6O.C19H24N8O2/c1-17-8-9-18(24(34)31-35-7)14-21(17)28-22-20(15-27)23(33(6)16-26(2,3)4)30-25(29-22)36-19-10-12-32(5)13-11-19;1-13-8-9-15(20(28)23-6)10-17(13)26-18-16(11-22)19(25-14(2)24-18)27(7)12-21(3,4)5;1-12-6-7-13(16-21-11-23-25-16)8-14(12)24-17-15(27(28)29)18(22-10-20-17)26(5)9-19(2,3)4/h8-9,14,19H,10-13,16H2,1-7H3,(H,31,34)(H,28,29,30);8-10H,12H2,1-7H3,(H,23,28)(H,24,25,26);6-8,10-11H,9H2,1-5H3,(H,20,22,24)(H,21,23,25). The molecule has 4 aromatic heterocycles. The second-order valence-electron chi connectivity index (χ2n) is 26.6. The van der Waals surface area contributed by atoms with Gasteiger partial charge >= 0.3 is 11.7 Å². The molecule has 1 aliphatic rings. The maximum atomic E-state index is 12.3. The number of carbonyl (C=O) groups excluding carboxylic acids is 2. The van der Waals surface area contributed by atoms with Crippen LogP contribution in [0.4, 0.5) is 57.7 Å². The molecule has 0 unspecified atom stereocenters. The number of nitrogens with zero attached hydrogens (tertiary/aromatic N) is 15. The first-order valence-corrected chi connectivity index (χ1v) is 30.3. The first-order valence-electron chi connectivity index (χ1n) is 30.3. The maximum absolute atomic E-state index is 12.3. The van der Waals surface area contributed by atoms with Crippen molar-refractivity contribution in [3.05, 3.63) is 122 Å². The Morgan fingerprint density at radius 2 is 1.15 bits per heavy atom. The Morgan fingerprint density at radius 1 is 0.667 bits per heavy atom. The van der Waals surface area contributed by atoms with E-state index in [2.05, 4.69) is 158 Å². The zero-order chi connectivity index (χ0) is 68.7. The van der Waals surface area contributed by atoms with E-state index >= 15 is 0 Å². The highest BCUT2D eigenvalue weighted by molar-refractivity contribution is 5.96. The highest BCUT2D eigenvalue weighted by Crippen LogP contribution is 2.37. The summed E-state index contributed by atoms with van der Waals surface area (Å²) in [5.41, 5.74) is 9.35. The Kier molecular flexibility index (Phi) is 24.2. The van der Waals surface area contributed by atoms with E-state index in [9.17, 15) is 30.2 Å². The summed E-state index contributed by atoms with van der Waals surface area (Å²) < 4.78 is 6.22. The Bertz CT molecular complexity index is 3840. The van der Waals surface area contributed by atoms with Gasteiger partial charge in [-0.05, 0) is 111 Å². The number of aromatic amines is 1. The summed E-state index contributed by atoms with van der Waals surface area (Å²) >= 11 is 0. The topological polar surface area (TPSA) is 335 Å². The second-order valence-corrected chi connectivity index (χ2v) is 26.6. The van der Waals surface area contributed by atoms with Crippen molar-refractivity contribution in [1.82, 2.24) is 60.8 Å². The zero-order valence-electron chi connectivity index (χ0n) is 57.0. The molecule has 8 rings (SSSR count). The Balaban J connectivity index is 0.000000224. The normalized spacial score (nSPS) is 12.5. The van der Waals surface area contributed by atoms with Gasteiger partial charge in [0.25, 0.3) is 11.8 Å². The molecule has 0 saturated carbocycles. The molecule has 27 heteroatoms. The van der Waals surface area contributed by atoms with E-state index in [1.807, 2.05) is 75.0 Å². The molecule has 0 radical (unpaired) electrons. The lowest BCUT2D eigenvalue weighted by atomic mass is 9.96. The van der Waals surface area contributed by atoms with Crippen LogP contribution in [0.3, 0.4) is 0 Å². The molecule has 0 bridgehead atoms. The third-order valence-electron chi connectivity index (χ3n) is 14.3. The molecule has 3 aromatic carbocycles. The monoisotopic (exact) mass is 1270 g/mol. The number of aromatic nitrogens is 9. The number of amides is 2. The van der Waals surface area contributed by atoms with Gasteiger partial charge in [0.1, 0.15) is 47.8 Å². The average Bonchev–Trinajstić information content (AvgIpc) is 0.990. The number of hydroxylamine groups is 1. The van der Waals surface area contributed by atoms with E-state index in [0.29, 0.717) is 81.6 Å². The van der Waals surface area contributed by atoms with Gasteiger partial charge in [-0.1, -0.05) is 86.6 Å². The van der Waals surface area contributed by atoms with E-state index in [-0.39, 0.29) is 57.5 Å². The summed E-state index contributed by atoms with van der Waals surface area (Å²) in [6, 6.07) is 21.0. The third kappa shape index (κ3) is 20.4. The molecule has 7 aromatic rings. The first-order chi connectivity index (χ1) is 43.7. The summed E-state index contributed by atoms with van der Waals surface area (Å²) in [6.45, 7) is 30.4. The van der Waals surface area contributed by atoms with Crippen LogP contribution in [0.15, 0.2) is 67.3 Å². The minimum atomic E-state index is -0.452. The number of piperidine rings is 1. The lowest BCUT2D eigenvalue weighted by Gasteiger charge is -2.30. The summed E-state index contributed by atoms with van der Waals surface area (Å²) in [7, 11) is 10.7. The van der Waals surface area contributed by atoms with Gasteiger partial charge in [0.05, 0.1) is 12.0 Å². The van der Waals surface area contributed by atoms with E-state index in [0.717, 1.165) is 60.4 Å². The fraction of sp³-hybridized carbons (Fsp3) is 0.455. The van der Waals surface area contributed by atoms with Crippen LogP contribution in [-0.4, -0.2) is 148 Å². The van der Waals surface area contributed by atoms with E-state index < -0.39 is 4.92 Å². The molecule has 93 heavy (non-hydrogen) atoms. The van der Waals surface area contributed by atoms with Crippen LogP contribution in [0.2, 0.25) is 0 Å². The van der Waals surface area contributed by atoms with Gasteiger partial charge < -0.3 is 45.6 Å². The number of ether oxygens (including phenoxy) is 1. The minimum absolute atomic E-state index is 0.00515. The predicted octanol–water partition coefficient (Wildman–Crippen LogP) is 10.9. The highest BCUT2D eigenvalue weighted by atomic mass is 16.6. The summed E-state index contributed by atoms with van der Waals surface area (Å²) in [5.74, 6) is 2.89. The maximum Gasteiger partial charge on any atom is 0.353 e. The van der Waals surface area contributed by atoms with Crippen molar-refractivity contribution in [3.63, 3.8) is 0 Å². The number of rotatable bonds is 19. The molecule has 2 amide bonds. The van der Waals surface area contributed by atoms with E-state index in [1.165, 1.54) is 19.8 Å². The molecule has 5 heterocycles. The number of likely N-dealkylation sites (tertiary alicyclic amines) is 1. The van der Waals surface area contributed by atoms with Crippen molar-refractivity contribution in [2.24, 2.45) is 16.2 Å². The number of hydrogen-bond donors (Lipinski definition) is 6. The van der Waals surface area contributed by atoms with Gasteiger partial charge in [-0.2, -0.15) is 25.6 Å². The summed E-state index contributed by atoms with van der Waals surface area (Å²) in [5, 5.41) is 50.7. The van der Waals surface area contributed by atoms with Crippen LogP contribution in [-0.2, 0) is 4.84 Å². The molecule has 0 spiro atoms. The average molecular weight is 1270 g/mol. The second kappa shape index (κ2) is 31.3. The molecule has 1 aliphatic heterocycles. The van der Waals surface area contributed by atoms with Gasteiger partial charge in [0, 0.05) is 94.7 Å². The van der Waals surface area contributed by atoms with Crippen LogP contribution in [0, 0.1) is 76.7 Å². The Hall–Kier alpha value is -10.1.